The highest BCUT2D eigenvalue weighted by Crippen LogP contribution is 2.29. The molecule has 8 heteroatoms. The van der Waals surface area contributed by atoms with Crippen LogP contribution >= 0.6 is 0 Å². The molecule has 2 N–H and O–H groups in total. The molecule has 140 valence electrons. The van der Waals surface area contributed by atoms with Crippen molar-refractivity contribution >= 4 is 11.8 Å². The molecule has 0 bridgehead atoms. The Morgan fingerprint density at radius 2 is 2.12 bits per heavy atom. The summed E-state index contributed by atoms with van der Waals surface area (Å²) in [6.45, 7) is 6.90. The van der Waals surface area contributed by atoms with E-state index in [1.165, 1.54) is 5.56 Å². The Morgan fingerprint density at radius 3 is 2.77 bits per heavy atom. The van der Waals surface area contributed by atoms with E-state index in [2.05, 4.69) is 44.9 Å². The predicted octanol–water partition coefficient (Wildman–Crippen LogP) is 1.71. The first-order valence-electron chi connectivity index (χ1n) is 8.92. The molecule has 0 aliphatic carbocycles. The van der Waals surface area contributed by atoms with E-state index in [1.54, 1.807) is 11.7 Å². The van der Waals surface area contributed by atoms with E-state index in [1.807, 2.05) is 25.1 Å². The fourth-order valence-electron chi connectivity index (χ4n) is 3.25. The van der Waals surface area contributed by atoms with Crippen LogP contribution in [0.15, 0.2) is 30.3 Å². The highest BCUT2D eigenvalue weighted by Gasteiger charge is 2.32. The average Bonchev–Trinajstić information content (AvgIpc) is 2.98. The number of likely N-dealkylation sites (N-methyl/N-ethyl adjacent to an activating group) is 1. The van der Waals surface area contributed by atoms with Gasteiger partial charge >= 0.3 is 6.03 Å². The van der Waals surface area contributed by atoms with Crippen LogP contribution in [0.3, 0.4) is 0 Å². The second-order valence-corrected chi connectivity index (χ2v) is 6.38. The summed E-state index contributed by atoms with van der Waals surface area (Å²) in [6, 6.07) is 10.1. The largest absolute Gasteiger partial charge is 0.373 e. The maximum Gasteiger partial charge on any atom is 0.320 e. The number of benzene rings is 1. The molecule has 2 heterocycles. The van der Waals surface area contributed by atoms with E-state index in [0.717, 1.165) is 18.8 Å². The summed E-state index contributed by atoms with van der Waals surface area (Å²) in [7, 11) is 1.78. The number of carbonyl (C=O) groups excluding carboxylic acids is 1. The van der Waals surface area contributed by atoms with Gasteiger partial charge in [0.05, 0.1) is 24.4 Å². The minimum Gasteiger partial charge on any atom is -0.373 e. The molecule has 2 atom stereocenters. The fraction of sp³-hybridized carbons (Fsp3) is 0.500. The molecule has 2 amide bonds. The van der Waals surface area contributed by atoms with E-state index in [-0.39, 0.29) is 18.2 Å². The van der Waals surface area contributed by atoms with Gasteiger partial charge in [-0.1, -0.05) is 42.5 Å². The van der Waals surface area contributed by atoms with Crippen molar-refractivity contribution in [1.29, 1.82) is 0 Å². The van der Waals surface area contributed by atoms with Crippen molar-refractivity contribution in [1.82, 2.24) is 25.2 Å². The molecule has 3 rings (SSSR count). The lowest BCUT2D eigenvalue weighted by molar-refractivity contribution is -0.0680. The summed E-state index contributed by atoms with van der Waals surface area (Å²) in [4.78, 5) is 14.6. The van der Waals surface area contributed by atoms with Crippen LogP contribution in [0.5, 0.6) is 0 Å². The quantitative estimate of drug-likeness (QED) is 0.850. The van der Waals surface area contributed by atoms with Crippen LogP contribution in [0.2, 0.25) is 0 Å². The minimum absolute atomic E-state index is 0.111. The number of aromatic nitrogens is 3. The van der Waals surface area contributed by atoms with Crippen LogP contribution in [0.25, 0.3) is 0 Å². The van der Waals surface area contributed by atoms with E-state index < -0.39 is 0 Å². The van der Waals surface area contributed by atoms with Crippen molar-refractivity contribution < 1.29 is 9.53 Å². The number of anilines is 1. The van der Waals surface area contributed by atoms with Crippen LogP contribution < -0.4 is 10.6 Å². The van der Waals surface area contributed by atoms with Crippen LogP contribution in [0.1, 0.15) is 24.2 Å². The molecule has 2 aromatic rings. The second kappa shape index (κ2) is 8.29. The number of ether oxygens (including phenoxy) is 1. The number of nitrogens with one attached hydrogen (secondary N) is 2. The SMILES string of the molecule is CCN1CCO[C@@H](CNC(=O)Nc2nnn(C)c2C)[C@@H]1c1ccccc1. The molecule has 0 radical (unpaired) electrons. The zero-order chi connectivity index (χ0) is 18.5. The summed E-state index contributed by atoms with van der Waals surface area (Å²) in [5.74, 6) is 0.462. The number of morpholine rings is 1. The Balaban J connectivity index is 1.64. The number of rotatable bonds is 5. The molecule has 0 unspecified atom stereocenters. The highest BCUT2D eigenvalue weighted by atomic mass is 16.5. The lowest BCUT2D eigenvalue weighted by Crippen LogP contribution is -2.50. The molecule has 1 aliphatic heterocycles. The monoisotopic (exact) mass is 358 g/mol. The third-order valence-electron chi connectivity index (χ3n) is 4.81. The molecule has 1 saturated heterocycles. The first kappa shape index (κ1) is 18.3. The van der Waals surface area contributed by atoms with Gasteiger partial charge in [0.15, 0.2) is 5.82 Å². The van der Waals surface area contributed by atoms with Gasteiger partial charge in [0, 0.05) is 20.1 Å². The Labute approximate surface area is 153 Å². The fourth-order valence-corrected chi connectivity index (χ4v) is 3.25. The lowest BCUT2D eigenvalue weighted by Gasteiger charge is -2.41. The van der Waals surface area contributed by atoms with E-state index in [9.17, 15) is 4.79 Å². The highest BCUT2D eigenvalue weighted by molar-refractivity contribution is 5.88. The standard InChI is InChI=1S/C18H26N6O2/c1-4-24-10-11-26-15(16(24)14-8-6-5-7-9-14)12-19-18(25)20-17-13(2)23(3)22-21-17/h5-9,15-16H,4,10-12H2,1-3H3,(H2,19,20,25)/t15-,16-/m0/s1. The topological polar surface area (TPSA) is 84.3 Å². The predicted molar refractivity (Wildman–Crippen MR) is 98.9 cm³/mol. The van der Waals surface area contributed by atoms with Gasteiger partial charge < -0.3 is 10.1 Å². The van der Waals surface area contributed by atoms with Gasteiger partial charge in [-0.05, 0) is 19.0 Å². The van der Waals surface area contributed by atoms with Crippen molar-refractivity contribution in [3.05, 3.63) is 41.6 Å². The van der Waals surface area contributed by atoms with E-state index in [4.69, 9.17) is 4.74 Å². The lowest BCUT2D eigenvalue weighted by atomic mass is 9.98. The number of nitrogens with zero attached hydrogens (tertiary/aromatic N) is 4. The molecular weight excluding hydrogens is 332 g/mol. The Morgan fingerprint density at radius 1 is 1.35 bits per heavy atom. The molecule has 8 nitrogen and oxygen atoms in total. The molecule has 1 aliphatic rings. The summed E-state index contributed by atoms with van der Waals surface area (Å²) in [6.07, 6.45) is -0.111. The molecule has 1 fully saturated rings. The molecule has 0 spiro atoms. The van der Waals surface area contributed by atoms with Crippen LogP contribution in [-0.2, 0) is 11.8 Å². The zero-order valence-corrected chi connectivity index (χ0v) is 15.5. The van der Waals surface area contributed by atoms with E-state index >= 15 is 0 Å². The number of hydrogen-bond donors (Lipinski definition) is 2. The number of urea groups is 1. The van der Waals surface area contributed by atoms with Gasteiger partial charge in [0.2, 0.25) is 0 Å². The van der Waals surface area contributed by atoms with Crippen LogP contribution in [-0.4, -0.2) is 58.3 Å². The summed E-state index contributed by atoms with van der Waals surface area (Å²) >= 11 is 0. The normalized spacial score (nSPS) is 20.7. The van der Waals surface area contributed by atoms with Crippen LogP contribution in [0.4, 0.5) is 10.6 Å². The molecule has 0 saturated carbocycles. The van der Waals surface area contributed by atoms with Gasteiger partial charge in [-0.3, -0.25) is 14.9 Å². The average molecular weight is 358 g/mol. The van der Waals surface area contributed by atoms with Crippen molar-refractivity contribution in [2.75, 3.05) is 31.6 Å². The van der Waals surface area contributed by atoms with Crippen molar-refractivity contribution in [2.24, 2.45) is 7.05 Å². The summed E-state index contributed by atoms with van der Waals surface area (Å²) in [5, 5.41) is 13.5. The number of amides is 2. The first-order chi connectivity index (χ1) is 12.6. The number of carbonyl (C=O) groups is 1. The Bertz CT molecular complexity index is 733. The first-order valence-corrected chi connectivity index (χ1v) is 8.92. The van der Waals surface area contributed by atoms with Gasteiger partial charge in [-0.2, -0.15) is 0 Å². The van der Waals surface area contributed by atoms with Crippen molar-refractivity contribution in [2.45, 2.75) is 26.0 Å². The molecule has 1 aromatic carbocycles. The maximum absolute atomic E-state index is 12.2. The van der Waals surface area contributed by atoms with Gasteiger partial charge in [-0.25, -0.2) is 4.79 Å². The molecule has 1 aromatic heterocycles. The number of hydrogen-bond acceptors (Lipinski definition) is 5. The van der Waals surface area contributed by atoms with E-state index in [0.29, 0.717) is 19.0 Å². The van der Waals surface area contributed by atoms with Crippen molar-refractivity contribution in [3.8, 4) is 0 Å². The van der Waals surface area contributed by atoms with Crippen molar-refractivity contribution in [3.63, 3.8) is 0 Å². The maximum atomic E-state index is 12.2. The summed E-state index contributed by atoms with van der Waals surface area (Å²) < 4.78 is 7.60. The minimum atomic E-state index is -0.308. The third-order valence-corrected chi connectivity index (χ3v) is 4.81. The van der Waals surface area contributed by atoms with Crippen LogP contribution in [0, 0.1) is 6.92 Å². The second-order valence-electron chi connectivity index (χ2n) is 6.38. The third kappa shape index (κ3) is 4.03. The van der Waals surface area contributed by atoms with Gasteiger partial charge in [0.25, 0.3) is 0 Å². The van der Waals surface area contributed by atoms with Gasteiger partial charge in [-0.15, -0.1) is 5.10 Å². The van der Waals surface area contributed by atoms with Gasteiger partial charge in [0.1, 0.15) is 0 Å². The smallest absolute Gasteiger partial charge is 0.320 e. The Kier molecular flexibility index (Phi) is 5.85. The Hall–Kier alpha value is -2.45. The summed E-state index contributed by atoms with van der Waals surface area (Å²) in [5.41, 5.74) is 2.00. The zero-order valence-electron chi connectivity index (χ0n) is 15.5. The molecular formula is C18H26N6O2. The number of aryl methyl sites for hydroxylation is 1. The molecule has 26 heavy (non-hydrogen) atoms.